The summed E-state index contributed by atoms with van der Waals surface area (Å²) in [6.07, 6.45) is 0. The van der Waals surface area contributed by atoms with Gasteiger partial charge in [-0.15, -0.1) is 0 Å². The standard InChI is InChI=1S/C16H16Br2ClNO/c1-3-20-16(11-5-4-6-13(18)15(11)19)12-9-10(17)7-8-14(12)21-2/h4-9,16,20H,3H2,1-2H3. The zero-order chi connectivity index (χ0) is 15.4. The monoisotopic (exact) mass is 431 g/mol. The molecule has 0 bridgehead atoms. The first-order valence-corrected chi connectivity index (χ1v) is 8.55. The van der Waals surface area contributed by atoms with E-state index in [2.05, 4.69) is 50.2 Å². The molecule has 1 atom stereocenters. The van der Waals surface area contributed by atoms with Crippen LogP contribution in [0.4, 0.5) is 0 Å². The van der Waals surface area contributed by atoms with Crippen LogP contribution < -0.4 is 10.1 Å². The third kappa shape index (κ3) is 3.81. The Balaban J connectivity index is 2.58. The molecule has 1 unspecified atom stereocenters. The lowest BCUT2D eigenvalue weighted by Crippen LogP contribution is -2.23. The molecule has 0 saturated carbocycles. The lowest BCUT2D eigenvalue weighted by molar-refractivity contribution is 0.404. The number of rotatable bonds is 5. The summed E-state index contributed by atoms with van der Waals surface area (Å²) in [6, 6.07) is 11.9. The maximum Gasteiger partial charge on any atom is 0.124 e. The van der Waals surface area contributed by atoms with Gasteiger partial charge in [0.25, 0.3) is 0 Å². The summed E-state index contributed by atoms with van der Waals surface area (Å²) in [5.41, 5.74) is 2.07. The number of methoxy groups -OCH3 is 1. The van der Waals surface area contributed by atoms with Gasteiger partial charge in [0, 0.05) is 14.5 Å². The maximum atomic E-state index is 6.47. The van der Waals surface area contributed by atoms with Gasteiger partial charge in [-0.25, -0.2) is 0 Å². The van der Waals surface area contributed by atoms with Crippen LogP contribution in [0.3, 0.4) is 0 Å². The van der Waals surface area contributed by atoms with E-state index in [0.717, 1.165) is 32.4 Å². The average molecular weight is 434 g/mol. The summed E-state index contributed by atoms with van der Waals surface area (Å²) in [7, 11) is 1.68. The fourth-order valence-corrected chi connectivity index (χ4v) is 3.26. The molecule has 1 N–H and O–H groups in total. The second-order valence-electron chi connectivity index (χ2n) is 4.52. The van der Waals surface area contributed by atoms with E-state index in [1.165, 1.54) is 0 Å². The molecular weight excluding hydrogens is 417 g/mol. The van der Waals surface area contributed by atoms with Crippen LogP contribution in [0.1, 0.15) is 24.1 Å². The quantitative estimate of drug-likeness (QED) is 0.665. The second-order valence-corrected chi connectivity index (χ2v) is 6.67. The van der Waals surface area contributed by atoms with Crippen molar-refractivity contribution in [2.24, 2.45) is 0 Å². The maximum absolute atomic E-state index is 6.47. The normalized spacial score (nSPS) is 12.2. The van der Waals surface area contributed by atoms with E-state index in [4.69, 9.17) is 16.3 Å². The van der Waals surface area contributed by atoms with Gasteiger partial charge in [-0.2, -0.15) is 0 Å². The summed E-state index contributed by atoms with van der Waals surface area (Å²) < 4.78 is 7.40. The predicted octanol–water partition coefficient (Wildman–Crippen LogP) is 5.57. The van der Waals surface area contributed by atoms with Crippen molar-refractivity contribution >= 4 is 43.5 Å². The highest BCUT2D eigenvalue weighted by molar-refractivity contribution is 9.10. The molecule has 0 aromatic heterocycles. The van der Waals surface area contributed by atoms with Crippen molar-refractivity contribution in [2.75, 3.05) is 13.7 Å². The van der Waals surface area contributed by atoms with E-state index in [1.807, 2.05) is 30.3 Å². The number of nitrogens with one attached hydrogen (secondary N) is 1. The summed E-state index contributed by atoms with van der Waals surface area (Å²) in [5, 5.41) is 4.19. The molecule has 0 spiro atoms. The van der Waals surface area contributed by atoms with E-state index >= 15 is 0 Å². The van der Waals surface area contributed by atoms with Crippen LogP contribution in [0, 0.1) is 0 Å². The highest BCUT2D eigenvalue weighted by Crippen LogP contribution is 2.37. The highest BCUT2D eigenvalue weighted by Gasteiger charge is 2.21. The summed E-state index contributed by atoms with van der Waals surface area (Å²) in [4.78, 5) is 0. The lowest BCUT2D eigenvalue weighted by atomic mass is 9.97. The zero-order valence-corrected chi connectivity index (χ0v) is 15.7. The van der Waals surface area contributed by atoms with E-state index in [1.54, 1.807) is 7.11 Å². The fourth-order valence-electron chi connectivity index (χ4n) is 2.27. The zero-order valence-electron chi connectivity index (χ0n) is 11.8. The van der Waals surface area contributed by atoms with Gasteiger partial charge in [-0.1, -0.05) is 46.6 Å². The first-order chi connectivity index (χ1) is 10.1. The number of benzene rings is 2. The molecule has 2 rings (SSSR count). The molecule has 0 aliphatic heterocycles. The Hall–Kier alpha value is -0.550. The predicted molar refractivity (Wildman–Crippen MR) is 95.4 cm³/mol. The number of halogens is 3. The van der Waals surface area contributed by atoms with E-state index in [0.29, 0.717) is 5.02 Å². The first-order valence-electron chi connectivity index (χ1n) is 6.59. The van der Waals surface area contributed by atoms with Crippen LogP contribution in [0.2, 0.25) is 5.02 Å². The minimum atomic E-state index is -0.0348. The van der Waals surface area contributed by atoms with Gasteiger partial charge in [0.1, 0.15) is 5.75 Å². The number of hydrogen-bond acceptors (Lipinski definition) is 2. The van der Waals surface area contributed by atoms with Crippen molar-refractivity contribution in [1.82, 2.24) is 5.32 Å². The minimum absolute atomic E-state index is 0.0348. The third-order valence-corrected chi connectivity index (χ3v) is 5.01. The highest BCUT2D eigenvalue weighted by atomic mass is 79.9. The summed E-state index contributed by atoms with van der Waals surface area (Å²) in [6.45, 7) is 2.90. The molecule has 0 aliphatic carbocycles. The largest absolute Gasteiger partial charge is 0.496 e. The molecule has 21 heavy (non-hydrogen) atoms. The van der Waals surface area contributed by atoms with E-state index in [9.17, 15) is 0 Å². The minimum Gasteiger partial charge on any atom is -0.496 e. The van der Waals surface area contributed by atoms with Crippen LogP contribution in [-0.4, -0.2) is 13.7 Å². The second kappa shape index (κ2) is 7.63. The molecule has 0 heterocycles. The summed E-state index contributed by atoms with van der Waals surface area (Å²) in [5.74, 6) is 0.834. The van der Waals surface area contributed by atoms with Gasteiger partial charge in [-0.05, 0) is 52.3 Å². The third-order valence-electron chi connectivity index (χ3n) is 3.20. The molecule has 0 fully saturated rings. The Morgan fingerprint density at radius 2 is 1.95 bits per heavy atom. The number of hydrogen-bond donors (Lipinski definition) is 1. The Bertz CT molecular complexity index is 634. The van der Waals surface area contributed by atoms with Crippen molar-refractivity contribution in [1.29, 1.82) is 0 Å². The Morgan fingerprint density at radius 3 is 2.62 bits per heavy atom. The van der Waals surface area contributed by atoms with Crippen LogP contribution >= 0.6 is 43.5 Å². The van der Waals surface area contributed by atoms with Gasteiger partial charge in [0.05, 0.1) is 18.2 Å². The molecule has 5 heteroatoms. The smallest absolute Gasteiger partial charge is 0.124 e. The van der Waals surface area contributed by atoms with Crippen molar-refractivity contribution in [3.8, 4) is 5.75 Å². The van der Waals surface area contributed by atoms with Gasteiger partial charge >= 0.3 is 0 Å². The molecule has 112 valence electrons. The molecule has 2 aromatic rings. The summed E-state index contributed by atoms with van der Waals surface area (Å²) >= 11 is 13.5. The average Bonchev–Trinajstić information content (AvgIpc) is 2.48. The van der Waals surface area contributed by atoms with E-state index < -0.39 is 0 Å². The Morgan fingerprint density at radius 1 is 1.19 bits per heavy atom. The van der Waals surface area contributed by atoms with Crippen LogP contribution in [0.15, 0.2) is 45.3 Å². The number of ether oxygens (including phenoxy) is 1. The van der Waals surface area contributed by atoms with Crippen LogP contribution in [0.25, 0.3) is 0 Å². The van der Waals surface area contributed by atoms with Crippen LogP contribution in [0.5, 0.6) is 5.75 Å². The molecule has 0 amide bonds. The van der Waals surface area contributed by atoms with Gasteiger partial charge in [0.2, 0.25) is 0 Å². The SMILES string of the molecule is CCNC(c1cc(Br)ccc1OC)c1cccc(Br)c1Cl. The molecular formula is C16H16Br2ClNO. The van der Waals surface area contributed by atoms with E-state index in [-0.39, 0.29) is 6.04 Å². The van der Waals surface area contributed by atoms with Gasteiger partial charge < -0.3 is 10.1 Å². The van der Waals surface area contributed by atoms with Crippen molar-refractivity contribution in [3.63, 3.8) is 0 Å². The van der Waals surface area contributed by atoms with Gasteiger partial charge in [-0.3, -0.25) is 0 Å². The molecule has 0 aliphatic rings. The van der Waals surface area contributed by atoms with Crippen LogP contribution in [-0.2, 0) is 0 Å². The topological polar surface area (TPSA) is 21.3 Å². The molecule has 0 saturated heterocycles. The molecule has 2 aromatic carbocycles. The molecule has 2 nitrogen and oxygen atoms in total. The molecule has 0 radical (unpaired) electrons. The van der Waals surface area contributed by atoms with Gasteiger partial charge in [0.15, 0.2) is 0 Å². The first kappa shape index (κ1) is 16.8. The lowest BCUT2D eigenvalue weighted by Gasteiger charge is -2.23. The van der Waals surface area contributed by atoms with Crippen molar-refractivity contribution in [2.45, 2.75) is 13.0 Å². The Kier molecular flexibility index (Phi) is 6.11. The van der Waals surface area contributed by atoms with Crippen molar-refractivity contribution < 1.29 is 4.74 Å². The fraction of sp³-hybridized carbons (Fsp3) is 0.250. The Labute approximate surface area is 147 Å². The van der Waals surface area contributed by atoms with Crippen molar-refractivity contribution in [3.05, 3.63) is 61.5 Å².